The molecule has 1 N–H and O–H groups in total. The molecule has 1 rings (SSSR count). The summed E-state index contributed by atoms with van der Waals surface area (Å²) < 4.78 is 6.09. The number of ether oxygens (including phenoxy) is 1. The van der Waals surface area contributed by atoms with Crippen molar-refractivity contribution in [2.45, 2.75) is 26.4 Å². The van der Waals surface area contributed by atoms with Gasteiger partial charge in [-0.05, 0) is 49.6 Å². The molecule has 1 aromatic carbocycles. The van der Waals surface area contributed by atoms with Gasteiger partial charge < -0.3 is 9.84 Å². The summed E-state index contributed by atoms with van der Waals surface area (Å²) in [6.07, 6.45) is 1.85. The van der Waals surface area contributed by atoms with Crippen LogP contribution >= 0.6 is 15.9 Å². The Balaban J connectivity index is 2.89. The van der Waals surface area contributed by atoms with Crippen molar-refractivity contribution in [2.24, 2.45) is 0 Å². The van der Waals surface area contributed by atoms with Gasteiger partial charge in [-0.1, -0.05) is 27.6 Å². The fraction of sp³-hybridized carbons (Fsp3) is 0.333. The van der Waals surface area contributed by atoms with Crippen LogP contribution < -0.4 is 4.74 Å². The van der Waals surface area contributed by atoms with Gasteiger partial charge >= 0.3 is 0 Å². The largest absolute Gasteiger partial charge is 0.496 e. The molecule has 0 aliphatic carbocycles. The Hall–Kier alpha value is -1.06. The van der Waals surface area contributed by atoms with Gasteiger partial charge in [0.15, 0.2) is 0 Å². The molecule has 1 unspecified atom stereocenters. The van der Waals surface area contributed by atoms with Gasteiger partial charge in [-0.15, -0.1) is 6.58 Å². The smallest absolute Gasteiger partial charge is 0.121 e. The van der Waals surface area contributed by atoms with Crippen LogP contribution in [0.1, 0.15) is 24.5 Å². The zero-order chi connectivity index (χ0) is 13.7. The van der Waals surface area contributed by atoms with E-state index in [2.05, 4.69) is 22.5 Å². The third kappa shape index (κ3) is 4.31. The number of aryl methyl sites for hydroxylation is 1. The minimum absolute atomic E-state index is 0.515. The van der Waals surface area contributed by atoms with Crippen LogP contribution in [0.3, 0.4) is 0 Å². The number of hydrogen-bond acceptors (Lipinski definition) is 2. The number of hydrogen-bond donors (Lipinski definition) is 1. The van der Waals surface area contributed by atoms with Crippen molar-refractivity contribution in [3.8, 4) is 5.75 Å². The van der Waals surface area contributed by atoms with E-state index in [1.807, 2.05) is 32.0 Å². The number of aliphatic hydroxyl groups is 1. The predicted octanol–water partition coefficient (Wildman–Crippen LogP) is 4.07. The van der Waals surface area contributed by atoms with Crippen molar-refractivity contribution >= 4 is 20.4 Å². The summed E-state index contributed by atoms with van der Waals surface area (Å²) in [5, 5.41) is 9.83. The third-order valence-electron chi connectivity index (χ3n) is 2.57. The van der Waals surface area contributed by atoms with Crippen LogP contribution in [0, 0.1) is 6.92 Å². The van der Waals surface area contributed by atoms with Crippen LogP contribution in [0.15, 0.2) is 36.4 Å². The molecule has 1 atom stereocenters. The summed E-state index contributed by atoms with van der Waals surface area (Å²) in [4.78, 5) is 0. The van der Waals surface area contributed by atoms with Crippen molar-refractivity contribution in [2.75, 3.05) is 7.11 Å². The minimum Gasteiger partial charge on any atom is -0.496 e. The standard InChI is InChI=1S/C15H19BrO2/c1-10(2)7-13(17)9-14(16)12-5-6-15(18-4)11(3)8-12/h5-6,8-9,13,17H,1,7H2,2-4H3/b14-9-. The first-order valence-corrected chi connectivity index (χ1v) is 6.58. The lowest BCUT2D eigenvalue weighted by Gasteiger charge is -2.09. The Bertz CT molecular complexity index is 464. The average Bonchev–Trinajstić information content (AvgIpc) is 2.27. The highest BCUT2D eigenvalue weighted by atomic mass is 79.9. The molecule has 0 aromatic heterocycles. The topological polar surface area (TPSA) is 29.5 Å². The van der Waals surface area contributed by atoms with Gasteiger partial charge in [0.2, 0.25) is 0 Å². The molecule has 3 heteroatoms. The zero-order valence-electron chi connectivity index (χ0n) is 11.0. The summed E-state index contributed by atoms with van der Waals surface area (Å²) in [6.45, 7) is 7.69. The predicted molar refractivity (Wildman–Crippen MR) is 80.1 cm³/mol. The third-order valence-corrected chi connectivity index (χ3v) is 3.29. The molecule has 0 bridgehead atoms. The molecule has 0 amide bonds. The lowest BCUT2D eigenvalue weighted by molar-refractivity contribution is 0.224. The molecule has 98 valence electrons. The first kappa shape index (κ1) is 15.0. The van der Waals surface area contributed by atoms with Crippen LogP contribution in [0.5, 0.6) is 5.75 Å². The van der Waals surface area contributed by atoms with Gasteiger partial charge in [-0.3, -0.25) is 0 Å². The first-order chi connectivity index (χ1) is 8.43. The summed E-state index contributed by atoms with van der Waals surface area (Å²) in [5.74, 6) is 0.863. The Morgan fingerprint density at radius 2 is 2.22 bits per heavy atom. The van der Waals surface area contributed by atoms with E-state index in [4.69, 9.17) is 4.74 Å². The summed E-state index contributed by atoms with van der Waals surface area (Å²) in [7, 11) is 1.66. The second kappa shape index (κ2) is 6.76. The summed E-state index contributed by atoms with van der Waals surface area (Å²) in [5.41, 5.74) is 3.05. The quantitative estimate of drug-likeness (QED) is 0.831. The number of rotatable bonds is 5. The Morgan fingerprint density at radius 1 is 1.56 bits per heavy atom. The zero-order valence-corrected chi connectivity index (χ0v) is 12.6. The Kier molecular flexibility index (Phi) is 5.63. The van der Waals surface area contributed by atoms with Gasteiger partial charge in [0.05, 0.1) is 13.2 Å². The fourth-order valence-corrected chi connectivity index (χ4v) is 2.26. The molecule has 1 aromatic rings. The lowest BCUT2D eigenvalue weighted by Crippen LogP contribution is -2.02. The summed E-state index contributed by atoms with van der Waals surface area (Å²) in [6, 6.07) is 5.90. The second-order valence-electron chi connectivity index (χ2n) is 4.43. The highest BCUT2D eigenvalue weighted by molar-refractivity contribution is 9.15. The normalized spacial score (nSPS) is 13.3. The maximum Gasteiger partial charge on any atom is 0.121 e. The number of halogens is 1. The van der Waals surface area contributed by atoms with Crippen molar-refractivity contribution in [3.63, 3.8) is 0 Å². The molecule has 0 saturated heterocycles. The first-order valence-electron chi connectivity index (χ1n) is 5.78. The highest BCUT2D eigenvalue weighted by Crippen LogP contribution is 2.27. The Labute approximate surface area is 117 Å². The molecule has 0 aliphatic rings. The van der Waals surface area contributed by atoms with Crippen LogP contribution in [0.4, 0.5) is 0 Å². The molecule has 0 spiro atoms. The summed E-state index contributed by atoms with van der Waals surface area (Å²) >= 11 is 3.49. The van der Waals surface area contributed by atoms with Crippen molar-refractivity contribution in [1.82, 2.24) is 0 Å². The molecule has 0 heterocycles. The SMILES string of the molecule is C=C(C)CC(O)/C=C(\Br)c1ccc(OC)c(C)c1. The number of methoxy groups -OCH3 is 1. The molecule has 0 saturated carbocycles. The van der Waals surface area contributed by atoms with Gasteiger partial charge in [0, 0.05) is 4.48 Å². The van der Waals surface area contributed by atoms with E-state index in [-0.39, 0.29) is 0 Å². The molecule has 2 nitrogen and oxygen atoms in total. The maximum absolute atomic E-state index is 9.83. The highest BCUT2D eigenvalue weighted by Gasteiger charge is 2.06. The molecular weight excluding hydrogens is 292 g/mol. The van der Waals surface area contributed by atoms with E-state index >= 15 is 0 Å². The van der Waals surface area contributed by atoms with Crippen molar-refractivity contribution in [1.29, 1.82) is 0 Å². The lowest BCUT2D eigenvalue weighted by atomic mass is 10.1. The Morgan fingerprint density at radius 3 is 2.72 bits per heavy atom. The van der Waals surface area contributed by atoms with Crippen molar-refractivity contribution in [3.05, 3.63) is 47.6 Å². The molecule has 0 radical (unpaired) electrons. The van der Waals surface area contributed by atoms with E-state index in [0.29, 0.717) is 6.42 Å². The second-order valence-corrected chi connectivity index (χ2v) is 5.28. The van der Waals surface area contributed by atoms with Crippen LogP contribution in [-0.2, 0) is 0 Å². The average molecular weight is 311 g/mol. The number of aliphatic hydroxyl groups excluding tert-OH is 1. The van der Waals surface area contributed by atoms with Gasteiger partial charge in [-0.25, -0.2) is 0 Å². The molecule has 18 heavy (non-hydrogen) atoms. The molecule has 0 fully saturated rings. The number of benzene rings is 1. The monoisotopic (exact) mass is 310 g/mol. The maximum atomic E-state index is 9.83. The molecular formula is C15H19BrO2. The van der Waals surface area contributed by atoms with Gasteiger partial charge in [0.25, 0.3) is 0 Å². The fourth-order valence-electron chi connectivity index (χ4n) is 1.71. The van der Waals surface area contributed by atoms with Gasteiger partial charge in [0.1, 0.15) is 5.75 Å². The van der Waals surface area contributed by atoms with Crippen LogP contribution in [0.25, 0.3) is 4.48 Å². The van der Waals surface area contributed by atoms with Gasteiger partial charge in [-0.2, -0.15) is 0 Å². The van der Waals surface area contributed by atoms with E-state index in [1.165, 1.54) is 0 Å². The van der Waals surface area contributed by atoms with E-state index in [9.17, 15) is 5.11 Å². The van der Waals surface area contributed by atoms with Crippen molar-refractivity contribution < 1.29 is 9.84 Å². The van der Waals surface area contributed by atoms with E-state index < -0.39 is 6.10 Å². The van der Waals surface area contributed by atoms with E-state index in [1.54, 1.807) is 13.2 Å². The van der Waals surface area contributed by atoms with Crippen LogP contribution in [0.2, 0.25) is 0 Å². The minimum atomic E-state index is -0.515. The van der Waals surface area contributed by atoms with Crippen LogP contribution in [-0.4, -0.2) is 18.3 Å². The van der Waals surface area contributed by atoms with E-state index in [0.717, 1.165) is 26.9 Å². The molecule has 0 aliphatic heterocycles.